The zero-order valence-corrected chi connectivity index (χ0v) is 11.0. The smallest absolute Gasteiger partial charge is 0.326 e. The van der Waals surface area contributed by atoms with Gasteiger partial charge in [-0.3, -0.25) is 4.79 Å². The van der Waals surface area contributed by atoms with Crippen molar-refractivity contribution in [3.05, 3.63) is 0 Å². The lowest BCUT2D eigenvalue weighted by Crippen LogP contribution is -2.50. The van der Waals surface area contributed by atoms with Crippen LogP contribution in [0.15, 0.2) is 0 Å². The molecule has 0 aliphatic heterocycles. The van der Waals surface area contributed by atoms with Crippen LogP contribution in [0.4, 0.5) is 4.39 Å². The van der Waals surface area contributed by atoms with Gasteiger partial charge in [0.15, 0.2) is 0 Å². The minimum atomic E-state index is -1.25. The van der Waals surface area contributed by atoms with Crippen LogP contribution in [0.2, 0.25) is 0 Å². The number of carbonyl (C=O) groups excluding carboxylic acids is 1. The van der Waals surface area contributed by atoms with Gasteiger partial charge in [0.2, 0.25) is 0 Å². The van der Waals surface area contributed by atoms with E-state index >= 15 is 0 Å². The number of nitrogens with two attached hydrogens (primary N) is 1. The second kappa shape index (κ2) is 5.62. The summed E-state index contributed by atoms with van der Waals surface area (Å²) in [5.41, 5.74) is 3.95. The maximum Gasteiger partial charge on any atom is 0.326 e. The monoisotopic (exact) mass is 233 g/mol. The van der Waals surface area contributed by atoms with Crippen LogP contribution in [0, 0.1) is 0 Å². The number of esters is 1. The van der Waals surface area contributed by atoms with Crippen LogP contribution >= 0.6 is 0 Å². The molecule has 0 radical (unpaired) electrons. The van der Waals surface area contributed by atoms with Crippen molar-refractivity contribution in [2.24, 2.45) is 5.73 Å². The van der Waals surface area contributed by atoms with E-state index in [1.807, 2.05) is 6.92 Å². The van der Waals surface area contributed by atoms with Crippen molar-refractivity contribution in [1.82, 2.24) is 0 Å². The summed E-state index contributed by atoms with van der Waals surface area (Å²) < 4.78 is 18.6. The van der Waals surface area contributed by atoms with Crippen molar-refractivity contribution in [2.75, 3.05) is 0 Å². The second-order valence-electron chi connectivity index (χ2n) is 5.51. The molecule has 0 aliphatic rings. The number of rotatable bonds is 5. The SMILES string of the molecule is CCCC(F)CC(C)(N)C(=O)OC(C)(C)C. The Balaban J connectivity index is 4.36. The molecule has 0 bridgehead atoms. The molecular weight excluding hydrogens is 209 g/mol. The zero-order valence-electron chi connectivity index (χ0n) is 11.0. The predicted molar refractivity (Wildman–Crippen MR) is 62.9 cm³/mol. The van der Waals surface area contributed by atoms with E-state index in [1.54, 1.807) is 20.8 Å². The lowest BCUT2D eigenvalue weighted by molar-refractivity contribution is -0.161. The van der Waals surface area contributed by atoms with Gasteiger partial charge in [0.1, 0.15) is 17.3 Å². The average Bonchev–Trinajstić information content (AvgIpc) is 1.99. The van der Waals surface area contributed by atoms with Crippen molar-refractivity contribution in [1.29, 1.82) is 0 Å². The fraction of sp³-hybridized carbons (Fsp3) is 0.917. The summed E-state index contributed by atoms with van der Waals surface area (Å²) >= 11 is 0. The van der Waals surface area contributed by atoms with Gasteiger partial charge in [0.25, 0.3) is 0 Å². The van der Waals surface area contributed by atoms with Crippen LogP contribution in [-0.2, 0) is 9.53 Å². The molecule has 0 saturated carbocycles. The molecular formula is C12H24FNO2. The number of alkyl halides is 1. The highest BCUT2D eigenvalue weighted by atomic mass is 19.1. The number of halogens is 1. The molecule has 0 rings (SSSR count). The van der Waals surface area contributed by atoms with Crippen molar-refractivity contribution in [2.45, 2.75) is 71.2 Å². The molecule has 2 atom stereocenters. The van der Waals surface area contributed by atoms with Gasteiger partial charge in [-0.05, 0) is 34.1 Å². The summed E-state index contributed by atoms with van der Waals surface area (Å²) in [6.07, 6.45) is 0.129. The van der Waals surface area contributed by atoms with Gasteiger partial charge < -0.3 is 10.5 Å². The molecule has 0 fully saturated rings. The molecule has 2 unspecified atom stereocenters. The Morgan fingerprint density at radius 1 is 1.38 bits per heavy atom. The molecule has 96 valence electrons. The van der Waals surface area contributed by atoms with Gasteiger partial charge in [-0.15, -0.1) is 0 Å². The summed E-state index contributed by atoms with van der Waals surface area (Å²) in [7, 11) is 0. The van der Waals surface area contributed by atoms with E-state index in [1.165, 1.54) is 6.92 Å². The van der Waals surface area contributed by atoms with Gasteiger partial charge in [0.05, 0.1) is 0 Å². The Morgan fingerprint density at radius 3 is 2.25 bits per heavy atom. The zero-order chi connectivity index (χ0) is 13.0. The first-order chi connectivity index (χ1) is 7.08. The Bertz CT molecular complexity index is 234. The number of ether oxygens (including phenoxy) is 1. The Kier molecular flexibility index (Phi) is 5.39. The number of hydrogen-bond donors (Lipinski definition) is 1. The first kappa shape index (κ1) is 15.4. The highest BCUT2D eigenvalue weighted by molar-refractivity contribution is 5.80. The summed E-state index contributed by atoms with van der Waals surface area (Å²) in [4.78, 5) is 11.7. The molecule has 3 nitrogen and oxygen atoms in total. The summed E-state index contributed by atoms with van der Waals surface area (Å²) in [6, 6.07) is 0. The molecule has 0 aromatic rings. The molecule has 0 heterocycles. The Labute approximate surface area is 97.5 Å². The molecule has 0 aromatic carbocycles. The molecule has 0 spiro atoms. The fourth-order valence-corrected chi connectivity index (χ4v) is 1.35. The quantitative estimate of drug-likeness (QED) is 0.742. The number of carbonyl (C=O) groups is 1. The largest absolute Gasteiger partial charge is 0.459 e. The van der Waals surface area contributed by atoms with Crippen LogP contribution in [0.5, 0.6) is 0 Å². The van der Waals surface area contributed by atoms with Crippen LogP contribution in [0.25, 0.3) is 0 Å². The average molecular weight is 233 g/mol. The predicted octanol–water partition coefficient (Wildman–Crippen LogP) is 2.57. The second-order valence-corrected chi connectivity index (χ2v) is 5.51. The summed E-state index contributed by atoms with van der Waals surface area (Å²) in [5.74, 6) is -0.543. The van der Waals surface area contributed by atoms with Gasteiger partial charge >= 0.3 is 5.97 Å². The van der Waals surface area contributed by atoms with E-state index in [2.05, 4.69) is 0 Å². The number of hydrogen-bond acceptors (Lipinski definition) is 3. The Morgan fingerprint density at radius 2 is 1.88 bits per heavy atom. The van der Waals surface area contributed by atoms with Crippen LogP contribution in [-0.4, -0.2) is 23.3 Å². The van der Waals surface area contributed by atoms with Gasteiger partial charge in [-0.25, -0.2) is 4.39 Å². The van der Waals surface area contributed by atoms with E-state index in [-0.39, 0.29) is 6.42 Å². The van der Waals surface area contributed by atoms with Crippen molar-refractivity contribution in [3.63, 3.8) is 0 Å². The maximum absolute atomic E-state index is 13.4. The molecule has 2 N–H and O–H groups in total. The van der Waals surface area contributed by atoms with E-state index < -0.39 is 23.3 Å². The molecule has 0 saturated heterocycles. The van der Waals surface area contributed by atoms with Gasteiger partial charge in [-0.1, -0.05) is 13.3 Å². The lowest BCUT2D eigenvalue weighted by Gasteiger charge is -2.29. The molecule has 0 aliphatic carbocycles. The fourth-order valence-electron chi connectivity index (χ4n) is 1.35. The third kappa shape index (κ3) is 6.05. The van der Waals surface area contributed by atoms with Crippen molar-refractivity contribution in [3.8, 4) is 0 Å². The van der Waals surface area contributed by atoms with Crippen molar-refractivity contribution >= 4 is 5.97 Å². The minimum absolute atomic E-state index is 0.00968. The first-order valence-corrected chi connectivity index (χ1v) is 5.75. The van der Waals surface area contributed by atoms with E-state index in [0.717, 1.165) is 6.42 Å². The van der Waals surface area contributed by atoms with E-state index in [9.17, 15) is 9.18 Å². The summed E-state index contributed by atoms with van der Waals surface area (Å²) in [5, 5.41) is 0. The van der Waals surface area contributed by atoms with E-state index in [0.29, 0.717) is 6.42 Å². The third-order valence-electron chi connectivity index (χ3n) is 2.11. The Hall–Kier alpha value is -0.640. The summed E-state index contributed by atoms with van der Waals surface area (Å²) in [6.45, 7) is 8.71. The highest BCUT2D eigenvalue weighted by Crippen LogP contribution is 2.20. The minimum Gasteiger partial charge on any atom is -0.459 e. The van der Waals surface area contributed by atoms with Crippen molar-refractivity contribution < 1.29 is 13.9 Å². The van der Waals surface area contributed by atoms with Crippen LogP contribution < -0.4 is 5.73 Å². The standard InChI is InChI=1S/C12H24FNO2/c1-6-7-9(13)8-12(5,14)10(15)16-11(2,3)4/h9H,6-8,14H2,1-5H3. The lowest BCUT2D eigenvalue weighted by atomic mass is 9.94. The van der Waals surface area contributed by atoms with Gasteiger partial charge in [-0.2, -0.15) is 0 Å². The van der Waals surface area contributed by atoms with Crippen LogP contribution in [0.3, 0.4) is 0 Å². The maximum atomic E-state index is 13.4. The molecule has 0 amide bonds. The molecule has 4 heteroatoms. The first-order valence-electron chi connectivity index (χ1n) is 5.75. The third-order valence-corrected chi connectivity index (χ3v) is 2.11. The molecule has 0 aromatic heterocycles. The normalized spacial score (nSPS) is 17.7. The highest BCUT2D eigenvalue weighted by Gasteiger charge is 2.35. The van der Waals surface area contributed by atoms with Crippen LogP contribution in [0.1, 0.15) is 53.9 Å². The topological polar surface area (TPSA) is 52.3 Å². The molecule has 16 heavy (non-hydrogen) atoms. The van der Waals surface area contributed by atoms with E-state index in [4.69, 9.17) is 10.5 Å². The van der Waals surface area contributed by atoms with Gasteiger partial charge in [0, 0.05) is 6.42 Å².